The highest BCUT2D eigenvalue weighted by Gasteiger charge is 2.20. The summed E-state index contributed by atoms with van der Waals surface area (Å²) >= 11 is 2.93. The van der Waals surface area contributed by atoms with Gasteiger partial charge in [-0.2, -0.15) is 0 Å². The number of thiophene rings is 1. The first-order valence-electron chi connectivity index (χ1n) is 10.2. The van der Waals surface area contributed by atoms with Crippen LogP contribution >= 0.6 is 23.1 Å². The molecule has 0 atom stereocenters. The topological polar surface area (TPSA) is 86.7 Å². The van der Waals surface area contributed by atoms with Gasteiger partial charge >= 0.3 is 0 Å². The lowest BCUT2D eigenvalue weighted by Crippen LogP contribution is -2.23. The molecule has 3 aromatic heterocycles. The molecule has 32 heavy (non-hydrogen) atoms. The third kappa shape index (κ3) is 4.28. The Morgan fingerprint density at radius 2 is 1.94 bits per heavy atom. The standard InChI is InChI=1S/C22H24N6O2S2/c1-4-12-27-20(17-11-8-13-31-17)24-25-22(27)32-14-18(29)23-19-15(2)26(3)28(21(19)30)16-9-6-5-7-10-16/h5-11,13H,4,12,14H2,1-3H3,(H,23,29). The van der Waals surface area contributed by atoms with Crippen molar-refractivity contribution in [3.05, 3.63) is 63.9 Å². The van der Waals surface area contributed by atoms with Crippen LogP contribution in [0.5, 0.6) is 0 Å². The molecular formula is C22H24N6O2S2. The zero-order valence-electron chi connectivity index (χ0n) is 18.1. The third-order valence-electron chi connectivity index (χ3n) is 5.06. The lowest BCUT2D eigenvalue weighted by atomic mass is 10.3. The van der Waals surface area contributed by atoms with Gasteiger partial charge in [-0.05, 0) is 36.9 Å². The van der Waals surface area contributed by atoms with Crippen molar-refractivity contribution < 1.29 is 4.79 Å². The van der Waals surface area contributed by atoms with Crippen LogP contribution in [0.3, 0.4) is 0 Å². The summed E-state index contributed by atoms with van der Waals surface area (Å²) in [5.74, 6) is 0.685. The fraction of sp³-hybridized carbons (Fsp3) is 0.273. The Morgan fingerprint density at radius 1 is 1.16 bits per heavy atom. The van der Waals surface area contributed by atoms with Crippen LogP contribution in [-0.2, 0) is 18.4 Å². The summed E-state index contributed by atoms with van der Waals surface area (Å²) < 4.78 is 5.33. The summed E-state index contributed by atoms with van der Waals surface area (Å²) in [6.07, 6.45) is 0.929. The lowest BCUT2D eigenvalue weighted by Gasteiger charge is -2.08. The molecule has 0 bridgehead atoms. The van der Waals surface area contributed by atoms with E-state index in [1.54, 1.807) is 27.7 Å². The van der Waals surface area contributed by atoms with E-state index < -0.39 is 0 Å². The Bertz CT molecular complexity index is 1270. The van der Waals surface area contributed by atoms with Gasteiger partial charge in [-0.25, -0.2) is 4.68 Å². The van der Waals surface area contributed by atoms with Crippen molar-refractivity contribution in [3.8, 4) is 16.4 Å². The van der Waals surface area contributed by atoms with Gasteiger partial charge in [-0.3, -0.25) is 14.3 Å². The van der Waals surface area contributed by atoms with Crippen molar-refractivity contribution >= 4 is 34.7 Å². The number of benzene rings is 1. The predicted molar refractivity (Wildman–Crippen MR) is 129 cm³/mol. The van der Waals surface area contributed by atoms with Gasteiger partial charge in [0.2, 0.25) is 5.91 Å². The molecule has 0 saturated carbocycles. The molecule has 1 amide bonds. The highest BCUT2D eigenvalue weighted by molar-refractivity contribution is 7.99. The number of hydrogen-bond donors (Lipinski definition) is 1. The first-order chi connectivity index (χ1) is 15.5. The summed E-state index contributed by atoms with van der Waals surface area (Å²) in [4.78, 5) is 26.7. The minimum absolute atomic E-state index is 0.130. The number of anilines is 1. The van der Waals surface area contributed by atoms with Gasteiger partial charge in [-0.1, -0.05) is 43.0 Å². The Morgan fingerprint density at radius 3 is 2.62 bits per heavy atom. The van der Waals surface area contributed by atoms with Crippen LogP contribution in [-0.4, -0.2) is 35.8 Å². The summed E-state index contributed by atoms with van der Waals surface area (Å²) in [5.41, 5.74) is 1.46. The number of aromatic nitrogens is 5. The number of rotatable bonds is 8. The van der Waals surface area contributed by atoms with Gasteiger partial charge in [0.05, 0.1) is 22.0 Å². The maximum Gasteiger partial charge on any atom is 0.295 e. The number of carbonyl (C=O) groups is 1. The quantitative estimate of drug-likeness (QED) is 0.396. The first-order valence-corrected chi connectivity index (χ1v) is 12.1. The summed E-state index contributed by atoms with van der Waals surface area (Å²) in [7, 11) is 1.80. The minimum atomic E-state index is -0.260. The second-order valence-electron chi connectivity index (χ2n) is 7.21. The molecule has 166 valence electrons. The number of hydrogen-bond acceptors (Lipinski definition) is 6. The van der Waals surface area contributed by atoms with Crippen molar-refractivity contribution in [2.75, 3.05) is 11.1 Å². The van der Waals surface area contributed by atoms with E-state index in [1.165, 1.54) is 11.8 Å². The van der Waals surface area contributed by atoms with E-state index in [0.717, 1.165) is 29.4 Å². The van der Waals surface area contributed by atoms with Crippen LogP contribution < -0.4 is 10.9 Å². The Balaban J connectivity index is 1.51. The number of para-hydroxylation sites is 1. The lowest BCUT2D eigenvalue weighted by molar-refractivity contribution is -0.113. The van der Waals surface area contributed by atoms with Gasteiger partial charge < -0.3 is 9.88 Å². The summed E-state index contributed by atoms with van der Waals surface area (Å²) in [6, 6.07) is 13.3. The van der Waals surface area contributed by atoms with Crippen molar-refractivity contribution in [1.29, 1.82) is 0 Å². The van der Waals surface area contributed by atoms with Crippen LogP contribution in [0.4, 0.5) is 5.69 Å². The molecule has 8 nitrogen and oxygen atoms in total. The molecule has 4 rings (SSSR count). The second kappa shape index (κ2) is 9.58. The smallest absolute Gasteiger partial charge is 0.295 e. The highest BCUT2D eigenvalue weighted by Crippen LogP contribution is 2.27. The monoisotopic (exact) mass is 468 g/mol. The molecular weight excluding hydrogens is 444 g/mol. The largest absolute Gasteiger partial charge is 0.319 e. The van der Waals surface area contributed by atoms with E-state index in [9.17, 15) is 9.59 Å². The van der Waals surface area contributed by atoms with Crippen LogP contribution in [0, 0.1) is 6.92 Å². The SMILES string of the molecule is CCCn1c(SCC(=O)Nc2c(C)n(C)n(-c3ccccc3)c2=O)nnc1-c1cccs1. The van der Waals surface area contributed by atoms with E-state index in [4.69, 9.17) is 0 Å². The Hall–Kier alpha value is -3.11. The van der Waals surface area contributed by atoms with Crippen molar-refractivity contribution in [1.82, 2.24) is 24.1 Å². The fourth-order valence-electron chi connectivity index (χ4n) is 3.43. The average molecular weight is 469 g/mol. The number of thioether (sulfide) groups is 1. The molecule has 0 aliphatic heterocycles. The van der Waals surface area contributed by atoms with Gasteiger partial charge in [0, 0.05) is 13.6 Å². The van der Waals surface area contributed by atoms with E-state index in [0.29, 0.717) is 10.9 Å². The molecule has 0 aliphatic rings. The summed E-state index contributed by atoms with van der Waals surface area (Å²) in [5, 5.41) is 14.1. The predicted octanol–water partition coefficient (Wildman–Crippen LogP) is 3.95. The van der Waals surface area contributed by atoms with Crippen molar-refractivity contribution in [2.24, 2.45) is 7.05 Å². The number of nitrogens with one attached hydrogen (secondary N) is 1. The molecule has 4 aromatic rings. The molecule has 0 saturated heterocycles. The average Bonchev–Trinajstić information content (AvgIpc) is 3.50. The van der Waals surface area contributed by atoms with Crippen molar-refractivity contribution in [3.63, 3.8) is 0 Å². The van der Waals surface area contributed by atoms with Gasteiger partial charge in [-0.15, -0.1) is 21.5 Å². The molecule has 10 heteroatoms. The van der Waals surface area contributed by atoms with Crippen molar-refractivity contribution in [2.45, 2.75) is 32.0 Å². The minimum Gasteiger partial charge on any atom is -0.319 e. The van der Waals surface area contributed by atoms with Crippen LogP contribution in [0.1, 0.15) is 19.0 Å². The summed E-state index contributed by atoms with van der Waals surface area (Å²) in [6.45, 7) is 4.67. The number of nitrogens with zero attached hydrogens (tertiary/aromatic N) is 5. The van der Waals surface area contributed by atoms with Gasteiger partial charge in [0.25, 0.3) is 5.56 Å². The van der Waals surface area contributed by atoms with Crippen LogP contribution in [0.25, 0.3) is 16.4 Å². The van der Waals surface area contributed by atoms with Gasteiger partial charge in [0.15, 0.2) is 11.0 Å². The molecule has 0 spiro atoms. The molecule has 3 heterocycles. The third-order valence-corrected chi connectivity index (χ3v) is 6.89. The zero-order chi connectivity index (χ0) is 22.7. The van der Waals surface area contributed by atoms with E-state index in [-0.39, 0.29) is 22.9 Å². The fourth-order valence-corrected chi connectivity index (χ4v) is 4.91. The Kier molecular flexibility index (Phi) is 6.61. The Labute approximate surface area is 193 Å². The normalized spacial score (nSPS) is 11.1. The number of carbonyl (C=O) groups excluding carboxylic acids is 1. The van der Waals surface area contributed by atoms with E-state index >= 15 is 0 Å². The van der Waals surface area contributed by atoms with Gasteiger partial charge in [0.1, 0.15) is 5.69 Å². The molecule has 1 aromatic carbocycles. The zero-order valence-corrected chi connectivity index (χ0v) is 19.7. The molecule has 0 unspecified atom stereocenters. The second-order valence-corrected chi connectivity index (χ2v) is 9.10. The first kappa shape index (κ1) is 22.1. The van der Waals surface area contributed by atoms with E-state index in [1.807, 2.05) is 59.3 Å². The van der Waals surface area contributed by atoms with Crippen LogP contribution in [0.15, 0.2) is 57.8 Å². The number of amides is 1. The molecule has 0 radical (unpaired) electrons. The molecule has 0 fully saturated rings. The maximum absolute atomic E-state index is 13.0. The maximum atomic E-state index is 13.0. The molecule has 0 aliphatic carbocycles. The molecule has 1 N–H and O–H groups in total. The van der Waals surface area contributed by atoms with E-state index in [2.05, 4.69) is 22.4 Å². The van der Waals surface area contributed by atoms with Crippen LogP contribution in [0.2, 0.25) is 0 Å². The highest BCUT2D eigenvalue weighted by atomic mass is 32.2.